The molecule has 0 radical (unpaired) electrons. The molecule has 5 heteroatoms. The Morgan fingerprint density at radius 2 is 1.69 bits per heavy atom. The lowest BCUT2D eigenvalue weighted by molar-refractivity contribution is 0.306. The molecule has 0 bridgehead atoms. The zero-order valence-electron chi connectivity index (χ0n) is 18.3. The number of aryl methyl sites for hydroxylation is 2. The number of hydrogen-bond donors (Lipinski definition) is 0. The SMILES string of the molecule is COc1c(-c2ccc(CCCCl)cc2)n(C)c2ccc(OCc3ccccc3)cc2c1=O. The number of fused-ring (bicyclic) bond motifs is 1. The number of hydrogen-bond acceptors (Lipinski definition) is 3. The molecule has 0 atom stereocenters. The van der Waals surface area contributed by atoms with Gasteiger partial charge in [0.2, 0.25) is 5.43 Å². The average Bonchev–Trinajstić information content (AvgIpc) is 2.84. The number of aromatic nitrogens is 1. The average molecular weight is 448 g/mol. The van der Waals surface area contributed by atoms with Gasteiger partial charge in [0.05, 0.1) is 23.7 Å². The quantitative estimate of drug-likeness (QED) is 0.313. The molecule has 0 amide bonds. The highest BCUT2D eigenvalue weighted by molar-refractivity contribution is 6.17. The largest absolute Gasteiger partial charge is 0.491 e. The maximum atomic E-state index is 13.3. The number of methoxy groups -OCH3 is 1. The normalized spacial score (nSPS) is 11.0. The highest BCUT2D eigenvalue weighted by Gasteiger charge is 2.18. The summed E-state index contributed by atoms with van der Waals surface area (Å²) in [5.74, 6) is 1.62. The van der Waals surface area contributed by atoms with Gasteiger partial charge in [-0.05, 0) is 42.2 Å². The van der Waals surface area contributed by atoms with Gasteiger partial charge in [0, 0.05) is 18.5 Å². The van der Waals surface area contributed by atoms with E-state index in [-0.39, 0.29) is 5.43 Å². The van der Waals surface area contributed by atoms with Crippen LogP contribution in [0.25, 0.3) is 22.2 Å². The summed E-state index contributed by atoms with van der Waals surface area (Å²) in [4.78, 5) is 13.3. The fraction of sp³-hybridized carbons (Fsp3) is 0.222. The van der Waals surface area contributed by atoms with Crippen molar-refractivity contribution in [1.82, 2.24) is 4.57 Å². The highest BCUT2D eigenvalue weighted by Crippen LogP contribution is 2.32. The van der Waals surface area contributed by atoms with Crippen molar-refractivity contribution >= 4 is 22.5 Å². The molecular formula is C27H26ClNO3. The van der Waals surface area contributed by atoms with Crippen molar-refractivity contribution < 1.29 is 9.47 Å². The molecule has 1 aromatic heterocycles. The third-order valence-electron chi connectivity index (χ3n) is 5.61. The molecule has 164 valence electrons. The number of alkyl halides is 1. The van der Waals surface area contributed by atoms with Crippen molar-refractivity contribution in [3.63, 3.8) is 0 Å². The molecule has 0 aliphatic heterocycles. The minimum absolute atomic E-state index is 0.146. The van der Waals surface area contributed by atoms with Crippen LogP contribution < -0.4 is 14.9 Å². The molecule has 32 heavy (non-hydrogen) atoms. The Morgan fingerprint density at radius 3 is 2.38 bits per heavy atom. The van der Waals surface area contributed by atoms with Crippen LogP contribution in [0, 0.1) is 0 Å². The van der Waals surface area contributed by atoms with Crippen LogP contribution in [-0.4, -0.2) is 17.6 Å². The Balaban J connectivity index is 1.72. The Hall–Kier alpha value is -3.24. The summed E-state index contributed by atoms with van der Waals surface area (Å²) in [6, 6.07) is 23.8. The number of nitrogens with zero attached hydrogens (tertiary/aromatic N) is 1. The number of halogens is 1. The van der Waals surface area contributed by atoms with Crippen molar-refractivity contribution in [2.75, 3.05) is 13.0 Å². The van der Waals surface area contributed by atoms with Gasteiger partial charge in [-0.2, -0.15) is 0 Å². The minimum Gasteiger partial charge on any atom is -0.491 e. The number of benzene rings is 3. The lowest BCUT2D eigenvalue weighted by atomic mass is 10.0. The van der Waals surface area contributed by atoms with Gasteiger partial charge in [0.25, 0.3) is 0 Å². The molecule has 4 aromatic rings. The Labute approximate surface area is 193 Å². The first-order chi connectivity index (χ1) is 15.6. The predicted molar refractivity (Wildman–Crippen MR) is 131 cm³/mol. The lowest BCUT2D eigenvalue weighted by Gasteiger charge is -2.17. The molecule has 0 fully saturated rings. The van der Waals surface area contributed by atoms with Crippen molar-refractivity contribution in [3.8, 4) is 22.8 Å². The first-order valence-electron chi connectivity index (χ1n) is 10.6. The molecule has 0 unspecified atom stereocenters. The van der Waals surface area contributed by atoms with Crippen LogP contribution in [-0.2, 0) is 20.1 Å². The van der Waals surface area contributed by atoms with Crippen LogP contribution in [0.15, 0.2) is 77.6 Å². The standard InChI is InChI=1S/C27H26ClNO3/c1-29-24-15-14-22(32-18-20-7-4-3-5-8-20)17-23(24)26(30)27(31-2)25(29)21-12-10-19(11-13-21)9-6-16-28/h3-5,7-8,10-15,17H,6,9,16,18H2,1-2H3. The molecule has 3 aromatic carbocycles. The van der Waals surface area contributed by atoms with Crippen molar-refractivity contribution in [1.29, 1.82) is 0 Å². The molecule has 0 spiro atoms. The lowest BCUT2D eigenvalue weighted by Crippen LogP contribution is -2.14. The van der Waals surface area contributed by atoms with Gasteiger partial charge < -0.3 is 14.0 Å². The summed E-state index contributed by atoms with van der Waals surface area (Å²) in [6.07, 6.45) is 1.87. The molecule has 0 N–H and O–H groups in total. The summed E-state index contributed by atoms with van der Waals surface area (Å²) < 4.78 is 13.5. The van der Waals surface area contributed by atoms with Crippen molar-refractivity contribution in [3.05, 3.63) is 94.1 Å². The van der Waals surface area contributed by atoms with Crippen LogP contribution in [0.3, 0.4) is 0 Å². The Morgan fingerprint density at radius 1 is 0.938 bits per heavy atom. The van der Waals surface area contributed by atoms with E-state index in [9.17, 15) is 4.79 Å². The summed E-state index contributed by atoms with van der Waals surface area (Å²) in [6.45, 7) is 0.442. The van der Waals surface area contributed by atoms with Gasteiger partial charge in [-0.1, -0.05) is 54.6 Å². The minimum atomic E-state index is -0.146. The monoisotopic (exact) mass is 447 g/mol. The molecule has 0 aliphatic carbocycles. The van der Waals surface area contributed by atoms with Crippen LogP contribution >= 0.6 is 11.6 Å². The molecule has 4 rings (SSSR count). The summed E-state index contributed by atoms with van der Waals surface area (Å²) in [5, 5.41) is 0.567. The van der Waals surface area contributed by atoms with E-state index in [4.69, 9.17) is 21.1 Å². The third kappa shape index (κ3) is 4.51. The zero-order valence-corrected chi connectivity index (χ0v) is 19.1. The van der Waals surface area contributed by atoms with E-state index in [0.29, 0.717) is 29.4 Å². The first-order valence-corrected chi connectivity index (χ1v) is 11.2. The van der Waals surface area contributed by atoms with E-state index in [1.807, 2.05) is 66.2 Å². The van der Waals surface area contributed by atoms with Crippen molar-refractivity contribution in [2.24, 2.45) is 7.05 Å². The molecule has 1 heterocycles. The molecule has 0 saturated carbocycles. The first kappa shape index (κ1) is 22.0. The van der Waals surface area contributed by atoms with Gasteiger partial charge in [0.15, 0.2) is 5.75 Å². The van der Waals surface area contributed by atoms with Crippen LogP contribution in [0.1, 0.15) is 17.5 Å². The highest BCUT2D eigenvalue weighted by atomic mass is 35.5. The maximum absolute atomic E-state index is 13.3. The fourth-order valence-corrected chi connectivity index (χ4v) is 4.07. The predicted octanol–water partition coefficient (Wildman–Crippen LogP) is 5.96. The second-order valence-corrected chi connectivity index (χ2v) is 8.09. The van der Waals surface area contributed by atoms with Crippen LogP contribution in [0.2, 0.25) is 0 Å². The van der Waals surface area contributed by atoms with E-state index in [1.165, 1.54) is 12.7 Å². The smallest absolute Gasteiger partial charge is 0.231 e. The van der Waals surface area contributed by atoms with E-state index < -0.39 is 0 Å². The van der Waals surface area contributed by atoms with E-state index in [1.54, 1.807) is 6.07 Å². The Bertz CT molecular complexity index is 1260. The second-order valence-electron chi connectivity index (χ2n) is 7.71. The summed E-state index contributed by atoms with van der Waals surface area (Å²) in [5.41, 5.74) is 4.66. The van der Waals surface area contributed by atoms with E-state index >= 15 is 0 Å². The second kappa shape index (κ2) is 9.92. The van der Waals surface area contributed by atoms with Gasteiger partial charge in [0.1, 0.15) is 12.4 Å². The summed E-state index contributed by atoms with van der Waals surface area (Å²) >= 11 is 5.81. The van der Waals surface area contributed by atoms with E-state index in [2.05, 4.69) is 12.1 Å². The van der Waals surface area contributed by atoms with Gasteiger partial charge in [-0.25, -0.2) is 0 Å². The number of pyridine rings is 1. The van der Waals surface area contributed by atoms with Crippen LogP contribution in [0.4, 0.5) is 0 Å². The van der Waals surface area contributed by atoms with Gasteiger partial charge >= 0.3 is 0 Å². The van der Waals surface area contributed by atoms with Crippen molar-refractivity contribution in [2.45, 2.75) is 19.4 Å². The molecule has 4 nitrogen and oxygen atoms in total. The van der Waals surface area contributed by atoms with E-state index in [0.717, 1.165) is 35.2 Å². The molecule has 0 saturated heterocycles. The maximum Gasteiger partial charge on any atom is 0.231 e. The number of rotatable bonds is 8. The van der Waals surface area contributed by atoms with Gasteiger partial charge in [-0.15, -0.1) is 11.6 Å². The topological polar surface area (TPSA) is 40.5 Å². The molecular weight excluding hydrogens is 422 g/mol. The van der Waals surface area contributed by atoms with Gasteiger partial charge in [-0.3, -0.25) is 4.79 Å². The summed E-state index contributed by atoms with van der Waals surface area (Å²) in [7, 11) is 3.49. The molecule has 0 aliphatic rings. The zero-order chi connectivity index (χ0) is 22.5. The number of ether oxygens (including phenoxy) is 2. The third-order valence-corrected chi connectivity index (χ3v) is 5.88. The fourth-order valence-electron chi connectivity index (χ4n) is 3.94. The van der Waals surface area contributed by atoms with Crippen LogP contribution in [0.5, 0.6) is 11.5 Å². The Kier molecular flexibility index (Phi) is 6.81.